The van der Waals surface area contributed by atoms with Crippen molar-refractivity contribution in [1.82, 2.24) is 10.6 Å². The summed E-state index contributed by atoms with van der Waals surface area (Å²) in [6.07, 6.45) is 9.92. The van der Waals surface area contributed by atoms with Crippen LogP contribution in [0.1, 0.15) is 36.8 Å². The molecule has 1 aliphatic rings. The number of rotatable bonds is 6. The zero-order valence-corrected chi connectivity index (χ0v) is 16.6. The van der Waals surface area contributed by atoms with Gasteiger partial charge in [0.25, 0.3) is 0 Å². The van der Waals surface area contributed by atoms with Crippen LogP contribution in [0.2, 0.25) is 0 Å². The van der Waals surface area contributed by atoms with Gasteiger partial charge in [0, 0.05) is 24.2 Å². The van der Waals surface area contributed by atoms with E-state index in [9.17, 15) is 19.8 Å². The molecule has 0 unspecified atom stereocenters. The molecule has 0 saturated heterocycles. The molecule has 2 aromatic rings. The molecule has 0 aromatic heterocycles. The summed E-state index contributed by atoms with van der Waals surface area (Å²) in [7, 11) is 0. The summed E-state index contributed by atoms with van der Waals surface area (Å²) in [4.78, 5) is 24.7. The van der Waals surface area contributed by atoms with Crippen molar-refractivity contribution >= 4 is 24.0 Å². The van der Waals surface area contributed by atoms with Crippen molar-refractivity contribution in [2.45, 2.75) is 37.8 Å². The molecule has 0 radical (unpaired) electrons. The first-order chi connectivity index (χ1) is 14.5. The highest BCUT2D eigenvalue weighted by Crippen LogP contribution is 2.19. The number of phenolic OH excluding ortho intramolecular Hbond substituents is 2. The first kappa shape index (κ1) is 21.2. The topological polar surface area (TPSA) is 98.7 Å². The van der Waals surface area contributed by atoms with Crippen LogP contribution < -0.4 is 10.6 Å². The molecule has 30 heavy (non-hydrogen) atoms. The van der Waals surface area contributed by atoms with Crippen LogP contribution in [0.5, 0.6) is 11.5 Å². The Kier molecular flexibility index (Phi) is 7.27. The third kappa shape index (κ3) is 6.51. The lowest BCUT2D eigenvalue weighted by Gasteiger charge is -2.32. The number of nitrogens with one attached hydrogen (secondary N) is 2. The van der Waals surface area contributed by atoms with Gasteiger partial charge >= 0.3 is 0 Å². The Morgan fingerprint density at radius 3 is 1.43 bits per heavy atom. The molecule has 1 fully saturated rings. The molecular weight excluding hydrogens is 380 g/mol. The molecule has 0 bridgehead atoms. The summed E-state index contributed by atoms with van der Waals surface area (Å²) in [5.41, 5.74) is 1.63. The first-order valence-corrected chi connectivity index (χ1v) is 10.0. The summed E-state index contributed by atoms with van der Waals surface area (Å²) >= 11 is 0. The van der Waals surface area contributed by atoms with Crippen molar-refractivity contribution in [3.63, 3.8) is 0 Å². The minimum atomic E-state index is -0.214. The van der Waals surface area contributed by atoms with E-state index in [0.717, 1.165) is 36.8 Å². The third-order valence-corrected chi connectivity index (χ3v) is 5.06. The molecule has 0 aliphatic heterocycles. The third-order valence-electron chi connectivity index (χ3n) is 5.06. The number of phenols is 2. The van der Waals surface area contributed by atoms with Gasteiger partial charge in [0.2, 0.25) is 11.8 Å². The highest BCUT2D eigenvalue weighted by atomic mass is 16.3. The molecule has 4 N–H and O–H groups in total. The van der Waals surface area contributed by atoms with Crippen LogP contribution in [0.3, 0.4) is 0 Å². The summed E-state index contributed by atoms with van der Waals surface area (Å²) in [6.45, 7) is 0. The largest absolute Gasteiger partial charge is 0.508 e. The van der Waals surface area contributed by atoms with Crippen LogP contribution in [0.25, 0.3) is 12.2 Å². The molecular formula is C24H26N2O4. The van der Waals surface area contributed by atoms with E-state index in [2.05, 4.69) is 10.6 Å². The van der Waals surface area contributed by atoms with Crippen LogP contribution in [0.15, 0.2) is 60.7 Å². The van der Waals surface area contributed by atoms with E-state index in [4.69, 9.17) is 0 Å². The van der Waals surface area contributed by atoms with Crippen molar-refractivity contribution in [2.24, 2.45) is 0 Å². The number of amides is 2. The summed E-state index contributed by atoms with van der Waals surface area (Å²) < 4.78 is 0. The van der Waals surface area contributed by atoms with E-state index in [1.54, 1.807) is 60.7 Å². The Labute approximate surface area is 175 Å². The molecule has 6 heteroatoms. The minimum absolute atomic E-state index is 0.123. The van der Waals surface area contributed by atoms with Crippen molar-refractivity contribution in [1.29, 1.82) is 0 Å². The van der Waals surface area contributed by atoms with E-state index in [0.29, 0.717) is 0 Å². The van der Waals surface area contributed by atoms with Crippen molar-refractivity contribution < 1.29 is 19.8 Å². The fraction of sp³-hybridized carbons (Fsp3) is 0.250. The molecule has 2 atom stereocenters. The number of hydrogen-bond donors (Lipinski definition) is 4. The Balaban J connectivity index is 1.54. The van der Waals surface area contributed by atoms with Crippen LogP contribution in [0, 0.1) is 0 Å². The fourth-order valence-electron chi connectivity index (χ4n) is 3.45. The van der Waals surface area contributed by atoms with Crippen LogP contribution in [-0.2, 0) is 9.59 Å². The number of aromatic hydroxyl groups is 2. The fourth-order valence-corrected chi connectivity index (χ4v) is 3.45. The molecule has 3 rings (SSSR count). The van der Waals surface area contributed by atoms with Gasteiger partial charge in [-0.05, 0) is 60.4 Å². The average Bonchev–Trinajstić information content (AvgIpc) is 2.74. The molecule has 2 amide bonds. The zero-order valence-electron chi connectivity index (χ0n) is 16.6. The minimum Gasteiger partial charge on any atom is -0.508 e. The van der Waals surface area contributed by atoms with Crippen molar-refractivity contribution in [2.75, 3.05) is 0 Å². The molecule has 0 heterocycles. The Morgan fingerprint density at radius 1 is 0.700 bits per heavy atom. The SMILES string of the molecule is O=C(/C=C/c1ccc(O)cc1)N[C@@H]1CCCC[C@H]1NC(=O)/C=C/c1ccc(O)cc1. The smallest absolute Gasteiger partial charge is 0.244 e. The van der Waals surface area contributed by atoms with Crippen molar-refractivity contribution in [3.8, 4) is 11.5 Å². The summed E-state index contributed by atoms with van der Waals surface area (Å²) in [5.74, 6) is -0.0728. The molecule has 156 valence electrons. The highest BCUT2D eigenvalue weighted by molar-refractivity contribution is 5.93. The van der Waals surface area contributed by atoms with Crippen LogP contribution in [-0.4, -0.2) is 34.1 Å². The first-order valence-electron chi connectivity index (χ1n) is 10.0. The number of hydrogen-bond acceptors (Lipinski definition) is 4. The van der Waals surface area contributed by atoms with Gasteiger partial charge in [0.1, 0.15) is 11.5 Å². The van der Waals surface area contributed by atoms with Gasteiger partial charge in [-0.1, -0.05) is 37.1 Å². The van der Waals surface area contributed by atoms with Gasteiger partial charge in [-0.2, -0.15) is 0 Å². The summed E-state index contributed by atoms with van der Waals surface area (Å²) in [6, 6.07) is 12.9. The maximum Gasteiger partial charge on any atom is 0.244 e. The van der Waals surface area contributed by atoms with E-state index < -0.39 is 0 Å². The second-order valence-electron chi connectivity index (χ2n) is 7.36. The quantitative estimate of drug-likeness (QED) is 0.553. The summed E-state index contributed by atoms with van der Waals surface area (Å²) in [5, 5.41) is 24.6. The molecule has 2 aromatic carbocycles. The van der Waals surface area contributed by atoms with Gasteiger partial charge < -0.3 is 20.8 Å². The lowest BCUT2D eigenvalue weighted by molar-refractivity contribution is -0.120. The lowest BCUT2D eigenvalue weighted by Crippen LogP contribution is -2.52. The number of carbonyl (C=O) groups excluding carboxylic acids is 2. The van der Waals surface area contributed by atoms with Gasteiger partial charge in [-0.3, -0.25) is 9.59 Å². The normalized spacial score (nSPS) is 19.1. The maximum absolute atomic E-state index is 12.3. The van der Waals surface area contributed by atoms with Gasteiger partial charge in [0.05, 0.1) is 0 Å². The van der Waals surface area contributed by atoms with Gasteiger partial charge in [-0.25, -0.2) is 0 Å². The molecule has 1 aliphatic carbocycles. The van der Waals surface area contributed by atoms with E-state index in [1.807, 2.05) is 0 Å². The predicted molar refractivity (Wildman–Crippen MR) is 117 cm³/mol. The van der Waals surface area contributed by atoms with E-state index in [1.165, 1.54) is 12.2 Å². The number of carbonyl (C=O) groups is 2. The molecule has 0 spiro atoms. The predicted octanol–water partition coefficient (Wildman–Crippen LogP) is 3.37. The second-order valence-corrected chi connectivity index (χ2v) is 7.36. The van der Waals surface area contributed by atoms with Gasteiger partial charge in [0.15, 0.2) is 0 Å². The van der Waals surface area contributed by atoms with E-state index in [-0.39, 0.29) is 35.4 Å². The number of benzene rings is 2. The standard InChI is InChI=1S/C24H26N2O4/c27-19-11-5-17(6-12-19)9-15-23(29)25-21-3-1-2-4-22(21)26-24(30)16-10-18-7-13-20(28)14-8-18/h5-16,21-22,27-28H,1-4H2,(H,25,29)(H,26,30)/b15-9+,16-10+/t21-,22-/m1/s1. The van der Waals surface area contributed by atoms with Crippen molar-refractivity contribution in [3.05, 3.63) is 71.8 Å². The van der Waals surface area contributed by atoms with Crippen LogP contribution >= 0.6 is 0 Å². The average molecular weight is 406 g/mol. The van der Waals surface area contributed by atoms with E-state index >= 15 is 0 Å². The highest BCUT2D eigenvalue weighted by Gasteiger charge is 2.26. The molecule has 1 saturated carbocycles. The lowest BCUT2D eigenvalue weighted by atomic mass is 9.90. The monoisotopic (exact) mass is 406 g/mol. The molecule has 6 nitrogen and oxygen atoms in total. The Hall–Kier alpha value is -3.54. The Bertz CT molecular complexity index is 840. The Morgan fingerprint density at radius 2 is 1.07 bits per heavy atom. The van der Waals surface area contributed by atoms with Crippen LogP contribution in [0.4, 0.5) is 0 Å². The zero-order chi connectivity index (χ0) is 21.3. The van der Waals surface area contributed by atoms with Gasteiger partial charge in [-0.15, -0.1) is 0 Å². The maximum atomic E-state index is 12.3. The second kappa shape index (κ2) is 10.3.